The molecule has 0 aliphatic heterocycles. The van der Waals surface area contributed by atoms with Crippen LogP contribution in [0.2, 0.25) is 0 Å². The molecule has 0 saturated heterocycles. The first-order valence-electron chi connectivity index (χ1n) is 7.48. The van der Waals surface area contributed by atoms with Crippen molar-refractivity contribution >= 4 is 5.84 Å². The minimum atomic E-state index is -0.374. The van der Waals surface area contributed by atoms with Gasteiger partial charge in [0.25, 0.3) is 0 Å². The lowest BCUT2D eigenvalue weighted by Gasteiger charge is -2.32. The van der Waals surface area contributed by atoms with Crippen LogP contribution in [0, 0.1) is 17.7 Å². The van der Waals surface area contributed by atoms with Crippen LogP contribution in [0.5, 0.6) is 0 Å². The van der Waals surface area contributed by atoms with E-state index in [-0.39, 0.29) is 11.7 Å². The zero-order valence-corrected chi connectivity index (χ0v) is 12.6. The quantitative estimate of drug-likeness (QED) is 0.346. The van der Waals surface area contributed by atoms with Crippen LogP contribution in [-0.4, -0.2) is 17.1 Å². The van der Waals surface area contributed by atoms with E-state index in [1.54, 1.807) is 6.07 Å². The van der Waals surface area contributed by atoms with E-state index in [1.165, 1.54) is 18.6 Å². The minimum absolute atomic E-state index is 0.0735. The number of benzene rings is 1. The largest absolute Gasteiger partial charge is 0.409 e. The number of nitrogens with one attached hydrogen (secondary N) is 1. The molecular formula is C16H24FN3O. The fourth-order valence-electron chi connectivity index (χ4n) is 3.33. The number of rotatable bonds is 4. The summed E-state index contributed by atoms with van der Waals surface area (Å²) in [6.07, 6.45) is 3.60. The SMILES string of the molecule is CC1CC(C)CC(NCc2cc(F)cc(/C(N)=N/O)c2)C1. The highest BCUT2D eigenvalue weighted by Crippen LogP contribution is 2.28. The van der Waals surface area contributed by atoms with Gasteiger partial charge in [0.2, 0.25) is 0 Å². The summed E-state index contributed by atoms with van der Waals surface area (Å²) in [4.78, 5) is 0. The van der Waals surface area contributed by atoms with Gasteiger partial charge in [-0.05, 0) is 54.9 Å². The number of halogens is 1. The molecule has 2 atom stereocenters. The van der Waals surface area contributed by atoms with Gasteiger partial charge in [-0.2, -0.15) is 0 Å². The van der Waals surface area contributed by atoms with Gasteiger partial charge in [0.1, 0.15) is 5.82 Å². The van der Waals surface area contributed by atoms with E-state index in [9.17, 15) is 4.39 Å². The van der Waals surface area contributed by atoms with Crippen molar-refractivity contribution in [3.05, 3.63) is 35.1 Å². The summed E-state index contributed by atoms with van der Waals surface area (Å²) < 4.78 is 13.6. The van der Waals surface area contributed by atoms with Crippen LogP contribution in [0.25, 0.3) is 0 Å². The number of hydrogen-bond donors (Lipinski definition) is 3. The third kappa shape index (κ3) is 4.43. The van der Waals surface area contributed by atoms with Crippen LogP contribution >= 0.6 is 0 Å². The molecule has 5 heteroatoms. The summed E-state index contributed by atoms with van der Waals surface area (Å²) >= 11 is 0. The summed E-state index contributed by atoms with van der Waals surface area (Å²) in [6, 6.07) is 4.97. The molecule has 4 N–H and O–H groups in total. The van der Waals surface area contributed by atoms with E-state index < -0.39 is 0 Å². The highest BCUT2D eigenvalue weighted by molar-refractivity contribution is 5.97. The molecular weight excluding hydrogens is 269 g/mol. The fraction of sp³-hybridized carbons (Fsp3) is 0.562. The first-order chi connectivity index (χ1) is 9.97. The van der Waals surface area contributed by atoms with Crippen LogP contribution in [-0.2, 0) is 6.54 Å². The van der Waals surface area contributed by atoms with Crippen LogP contribution in [0.15, 0.2) is 23.4 Å². The maximum Gasteiger partial charge on any atom is 0.170 e. The number of amidine groups is 1. The maximum atomic E-state index is 13.6. The molecule has 0 spiro atoms. The van der Waals surface area contributed by atoms with E-state index in [4.69, 9.17) is 10.9 Å². The van der Waals surface area contributed by atoms with Crippen molar-refractivity contribution in [3.8, 4) is 0 Å². The average Bonchev–Trinajstić information content (AvgIpc) is 2.42. The Labute approximate surface area is 125 Å². The molecule has 1 saturated carbocycles. The normalized spacial score (nSPS) is 26.8. The summed E-state index contributed by atoms with van der Waals surface area (Å²) in [5, 5.41) is 15.1. The number of nitrogens with two attached hydrogens (primary N) is 1. The van der Waals surface area contributed by atoms with Crippen LogP contribution in [0.4, 0.5) is 4.39 Å². The van der Waals surface area contributed by atoms with E-state index in [1.807, 2.05) is 0 Å². The fourth-order valence-corrected chi connectivity index (χ4v) is 3.33. The van der Waals surface area contributed by atoms with Gasteiger partial charge in [-0.3, -0.25) is 0 Å². The predicted molar refractivity (Wildman–Crippen MR) is 81.7 cm³/mol. The number of oxime groups is 1. The molecule has 0 amide bonds. The molecule has 1 aromatic carbocycles. The minimum Gasteiger partial charge on any atom is -0.409 e. The average molecular weight is 293 g/mol. The Kier molecular flexibility index (Phi) is 5.17. The lowest BCUT2D eigenvalue weighted by Crippen LogP contribution is -2.36. The second kappa shape index (κ2) is 6.89. The molecule has 4 nitrogen and oxygen atoms in total. The Bertz CT molecular complexity index is 508. The molecule has 1 aliphatic carbocycles. The van der Waals surface area contributed by atoms with Gasteiger partial charge in [0.05, 0.1) is 0 Å². The second-order valence-corrected chi connectivity index (χ2v) is 6.33. The van der Waals surface area contributed by atoms with Crippen molar-refractivity contribution in [1.82, 2.24) is 5.32 Å². The maximum absolute atomic E-state index is 13.6. The highest BCUT2D eigenvalue weighted by atomic mass is 19.1. The molecule has 0 aromatic heterocycles. The van der Waals surface area contributed by atoms with Gasteiger partial charge in [0, 0.05) is 18.2 Å². The second-order valence-electron chi connectivity index (χ2n) is 6.33. The van der Waals surface area contributed by atoms with E-state index in [0.717, 1.165) is 30.2 Å². The standard InChI is InChI=1S/C16H24FN3O/c1-10-3-11(2)5-15(4-10)19-9-12-6-13(16(18)20-21)8-14(17)7-12/h6-8,10-11,15,19,21H,3-5,9H2,1-2H3,(H2,18,20). The van der Waals surface area contributed by atoms with Crippen LogP contribution < -0.4 is 11.1 Å². The molecule has 0 radical (unpaired) electrons. The van der Waals surface area contributed by atoms with Gasteiger partial charge in [0.15, 0.2) is 5.84 Å². The monoisotopic (exact) mass is 293 g/mol. The highest BCUT2D eigenvalue weighted by Gasteiger charge is 2.23. The third-order valence-corrected chi connectivity index (χ3v) is 4.13. The van der Waals surface area contributed by atoms with E-state index >= 15 is 0 Å². The molecule has 2 rings (SSSR count). The molecule has 0 heterocycles. The molecule has 0 bridgehead atoms. The zero-order chi connectivity index (χ0) is 15.4. The number of hydrogen-bond acceptors (Lipinski definition) is 3. The molecule has 1 fully saturated rings. The summed E-state index contributed by atoms with van der Waals surface area (Å²) in [5.41, 5.74) is 6.73. The Hall–Kier alpha value is -1.62. The van der Waals surface area contributed by atoms with Crippen molar-refractivity contribution in [2.45, 2.75) is 45.7 Å². The van der Waals surface area contributed by atoms with Gasteiger partial charge < -0.3 is 16.3 Å². The topological polar surface area (TPSA) is 70.6 Å². The molecule has 1 aromatic rings. The Morgan fingerprint density at radius 3 is 2.57 bits per heavy atom. The van der Waals surface area contributed by atoms with E-state index in [2.05, 4.69) is 24.3 Å². The van der Waals surface area contributed by atoms with Crippen molar-refractivity contribution in [3.63, 3.8) is 0 Å². The number of nitrogens with zero attached hydrogens (tertiary/aromatic N) is 1. The lowest BCUT2D eigenvalue weighted by atomic mass is 9.80. The summed E-state index contributed by atoms with van der Waals surface area (Å²) in [7, 11) is 0. The van der Waals surface area contributed by atoms with E-state index in [0.29, 0.717) is 18.2 Å². The zero-order valence-electron chi connectivity index (χ0n) is 12.6. The van der Waals surface area contributed by atoms with Crippen molar-refractivity contribution in [1.29, 1.82) is 0 Å². The molecule has 2 unspecified atom stereocenters. The van der Waals surface area contributed by atoms with Crippen molar-refractivity contribution < 1.29 is 9.60 Å². The third-order valence-electron chi connectivity index (χ3n) is 4.13. The molecule has 1 aliphatic rings. The van der Waals surface area contributed by atoms with Gasteiger partial charge in [-0.15, -0.1) is 0 Å². The van der Waals surface area contributed by atoms with Crippen LogP contribution in [0.1, 0.15) is 44.2 Å². The van der Waals surface area contributed by atoms with Crippen LogP contribution in [0.3, 0.4) is 0 Å². The summed E-state index contributed by atoms with van der Waals surface area (Å²) in [6.45, 7) is 5.15. The van der Waals surface area contributed by atoms with Crippen molar-refractivity contribution in [2.75, 3.05) is 0 Å². The first kappa shape index (κ1) is 15.8. The van der Waals surface area contributed by atoms with Gasteiger partial charge in [-0.25, -0.2) is 4.39 Å². The van der Waals surface area contributed by atoms with Crippen molar-refractivity contribution in [2.24, 2.45) is 22.7 Å². The smallest absolute Gasteiger partial charge is 0.170 e. The first-order valence-corrected chi connectivity index (χ1v) is 7.48. The Morgan fingerprint density at radius 2 is 1.95 bits per heavy atom. The lowest BCUT2D eigenvalue weighted by molar-refractivity contribution is 0.238. The predicted octanol–water partition coefficient (Wildman–Crippen LogP) is 2.83. The Morgan fingerprint density at radius 1 is 1.29 bits per heavy atom. The Balaban J connectivity index is 2.01. The van der Waals surface area contributed by atoms with Gasteiger partial charge >= 0.3 is 0 Å². The molecule has 116 valence electrons. The summed E-state index contributed by atoms with van der Waals surface area (Å²) in [5.74, 6) is 1.01. The molecule has 21 heavy (non-hydrogen) atoms. The van der Waals surface area contributed by atoms with Gasteiger partial charge in [-0.1, -0.05) is 19.0 Å².